The molecule has 1 heterocycles. The van der Waals surface area contributed by atoms with E-state index in [2.05, 4.69) is 32.9 Å². The average molecular weight is 338 g/mol. The Morgan fingerprint density at radius 3 is 2.54 bits per heavy atom. The minimum absolute atomic E-state index is 0.0126. The van der Waals surface area contributed by atoms with Crippen molar-refractivity contribution in [2.24, 2.45) is 17.8 Å². The van der Waals surface area contributed by atoms with Gasteiger partial charge in [0.15, 0.2) is 0 Å². The Bertz CT molecular complexity index is 429. The van der Waals surface area contributed by atoms with Crippen LogP contribution in [0.25, 0.3) is 0 Å². The van der Waals surface area contributed by atoms with E-state index in [1.807, 2.05) is 13.0 Å². The number of rotatable bonds is 10. The van der Waals surface area contributed by atoms with Gasteiger partial charge in [-0.1, -0.05) is 39.0 Å². The molecule has 0 aromatic heterocycles. The lowest BCUT2D eigenvalue weighted by atomic mass is 9.83. The molecule has 0 aromatic carbocycles. The molecule has 0 saturated carbocycles. The van der Waals surface area contributed by atoms with Crippen molar-refractivity contribution in [2.75, 3.05) is 14.2 Å². The second kappa shape index (κ2) is 10.7. The lowest BCUT2D eigenvalue weighted by Crippen LogP contribution is -2.41. The summed E-state index contributed by atoms with van der Waals surface area (Å²) in [6.07, 6.45) is 10.3. The minimum atomic E-state index is -0.253. The molecule has 0 saturated heterocycles. The Kier molecular flexibility index (Phi) is 9.30. The van der Waals surface area contributed by atoms with E-state index in [1.165, 1.54) is 6.08 Å². The van der Waals surface area contributed by atoms with Gasteiger partial charge < -0.3 is 14.2 Å². The van der Waals surface area contributed by atoms with Gasteiger partial charge in [-0.25, -0.2) is 4.79 Å². The molecule has 0 aromatic rings. The quantitative estimate of drug-likeness (QED) is 0.443. The van der Waals surface area contributed by atoms with E-state index in [1.54, 1.807) is 14.2 Å². The summed E-state index contributed by atoms with van der Waals surface area (Å²) < 4.78 is 17.1. The molecular weight excluding hydrogens is 304 g/mol. The van der Waals surface area contributed by atoms with Crippen LogP contribution in [0, 0.1) is 17.8 Å². The monoisotopic (exact) mass is 338 g/mol. The van der Waals surface area contributed by atoms with Gasteiger partial charge in [0.25, 0.3) is 0 Å². The molecule has 0 bridgehead atoms. The van der Waals surface area contributed by atoms with Crippen LogP contribution in [0.5, 0.6) is 0 Å². The molecule has 138 valence electrons. The third kappa shape index (κ3) is 5.75. The van der Waals surface area contributed by atoms with Crippen molar-refractivity contribution in [3.63, 3.8) is 0 Å². The Morgan fingerprint density at radius 1 is 1.29 bits per heavy atom. The number of hydrogen-bond donors (Lipinski definition) is 0. The molecule has 6 atom stereocenters. The molecule has 0 aliphatic carbocycles. The summed E-state index contributed by atoms with van der Waals surface area (Å²) in [6, 6.07) is 0. The highest BCUT2D eigenvalue weighted by Gasteiger charge is 2.34. The number of esters is 1. The molecule has 0 N–H and O–H groups in total. The van der Waals surface area contributed by atoms with E-state index in [-0.39, 0.29) is 36.1 Å². The Morgan fingerprint density at radius 2 is 2.00 bits per heavy atom. The fourth-order valence-electron chi connectivity index (χ4n) is 3.64. The van der Waals surface area contributed by atoms with Gasteiger partial charge in [0, 0.05) is 38.6 Å². The molecule has 0 fully saturated rings. The molecule has 0 spiro atoms. The van der Waals surface area contributed by atoms with Crippen LogP contribution in [-0.2, 0) is 19.0 Å². The molecule has 0 amide bonds. The second-order valence-corrected chi connectivity index (χ2v) is 6.76. The molecular formula is C20H34O4. The summed E-state index contributed by atoms with van der Waals surface area (Å²) >= 11 is 0. The lowest BCUT2D eigenvalue weighted by molar-refractivity contribution is -0.150. The van der Waals surface area contributed by atoms with Crippen LogP contribution in [0.1, 0.15) is 47.0 Å². The van der Waals surface area contributed by atoms with Crippen LogP contribution < -0.4 is 0 Å². The third-order valence-corrected chi connectivity index (χ3v) is 5.14. The van der Waals surface area contributed by atoms with E-state index in [0.29, 0.717) is 12.3 Å². The van der Waals surface area contributed by atoms with Crippen LogP contribution in [0.15, 0.2) is 24.3 Å². The average Bonchev–Trinajstić information content (AvgIpc) is 2.58. The number of carbonyl (C=O) groups is 1. The van der Waals surface area contributed by atoms with E-state index in [0.717, 1.165) is 12.8 Å². The maximum Gasteiger partial charge on any atom is 0.330 e. The Labute approximate surface area is 147 Å². The van der Waals surface area contributed by atoms with Gasteiger partial charge in [-0.3, -0.25) is 0 Å². The molecule has 4 heteroatoms. The number of ether oxygens (including phenoxy) is 3. The third-order valence-electron chi connectivity index (χ3n) is 5.14. The van der Waals surface area contributed by atoms with Crippen molar-refractivity contribution in [1.82, 2.24) is 0 Å². The first-order chi connectivity index (χ1) is 11.5. The normalized spacial score (nSPS) is 26.2. The second-order valence-electron chi connectivity index (χ2n) is 6.76. The summed E-state index contributed by atoms with van der Waals surface area (Å²) in [5.74, 6) is 0.614. The summed E-state index contributed by atoms with van der Waals surface area (Å²) in [5.41, 5.74) is 0. The number of methoxy groups -OCH3 is 2. The van der Waals surface area contributed by atoms with Crippen LogP contribution in [0.4, 0.5) is 0 Å². The van der Waals surface area contributed by atoms with Crippen molar-refractivity contribution in [3.05, 3.63) is 24.3 Å². The largest absolute Gasteiger partial charge is 0.458 e. The van der Waals surface area contributed by atoms with Gasteiger partial charge in [-0.05, 0) is 25.7 Å². The highest BCUT2D eigenvalue weighted by molar-refractivity contribution is 5.82. The molecule has 4 nitrogen and oxygen atoms in total. The first-order valence-corrected chi connectivity index (χ1v) is 9.03. The zero-order valence-corrected chi connectivity index (χ0v) is 16.0. The maximum absolute atomic E-state index is 11.6. The standard InChI is InChI=1S/C20H34O4/c1-7-9-10-14(3)20(23-6)15(4)17(22-5)13-18-16(8-2)11-12-19(21)24-18/h7,9,11-12,14-18,20H,8,10,13H2,1-6H3/b9-7+/t14-,15-,16+,17+,18+,20+/m0/s1. The summed E-state index contributed by atoms with van der Waals surface area (Å²) in [6.45, 7) is 8.51. The van der Waals surface area contributed by atoms with Crippen LogP contribution >= 0.6 is 0 Å². The fraction of sp³-hybridized carbons (Fsp3) is 0.750. The summed E-state index contributed by atoms with van der Waals surface area (Å²) in [7, 11) is 3.49. The highest BCUT2D eigenvalue weighted by Crippen LogP contribution is 2.30. The van der Waals surface area contributed by atoms with Gasteiger partial charge in [-0.2, -0.15) is 0 Å². The van der Waals surface area contributed by atoms with Crippen molar-refractivity contribution in [2.45, 2.75) is 65.3 Å². The Balaban J connectivity index is 2.78. The van der Waals surface area contributed by atoms with E-state index in [9.17, 15) is 4.79 Å². The molecule has 24 heavy (non-hydrogen) atoms. The zero-order chi connectivity index (χ0) is 18.1. The number of hydrogen-bond acceptors (Lipinski definition) is 4. The molecule has 1 aliphatic rings. The number of cyclic esters (lactones) is 1. The smallest absolute Gasteiger partial charge is 0.330 e. The highest BCUT2D eigenvalue weighted by atomic mass is 16.5. The molecule has 0 radical (unpaired) electrons. The first kappa shape index (κ1) is 20.9. The predicted octanol–water partition coefficient (Wildman–Crippen LogP) is 4.15. The molecule has 0 unspecified atom stereocenters. The first-order valence-electron chi connectivity index (χ1n) is 9.03. The van der Waals surface area contributed by atoms with Gasteiger partial charge >= 0.3 is 5.97 Å². The Hall–Kier alpha value is -1.13. The van der Waals surface area contributed by atoms with Gasteiger partial charge in [0.1, 0.15) is 6.10 Å². The summed E-state index contributed by atoms with van der Waals surface area (Å²) in [4.78, 5) is 11.6. The van der Waals surface area contributed by atoms with Crippen molar-refractivity contribution in [1.29, 1.82) is 0 Å². The van der Waals surface area contributed by atoms with E-state index in [4.69, 9.17) is 14.2 Å². The fourth-order valence-corrected chi connectivity index (χ4v) is 3.64. The predicted molar refractivity (Wildman–Crippen MR) is 96.8 cm³/mol. The SMILES string of the molecule is C/C=C/C[C@H](C)[C@@H](OC)[C@@H](C)[C@@H](C[C@H]1OC(=O)C=C[C@H]1CC)OC. The van der Waals surface area contributed by atoms with Crippen molar-refractivity contribution >= 4 is 5.97 Å². The molecule has 1 rings (SSSR count). The van der Waals surface area contributed by atoms with Gasteiger partial charge in [-0.15, -0.1) is 0 Å². The lowest BCUT2D eigenvalue weighted by Gasteiger charge is -2.36. The topological polar surface area (TPSA) is 44.8 Å². The molecule has 1 aliphatic heterocycles. The maximum atomic E-state index is 11.6. The number of carbonyl (C=O) groups excluding carboxylic acids is 1. The summed E-state index contributed by atoms with van der Waals surface area (Å²) in [5, 5.41) is 0. The van der Waals surface area contributed by atoms with Crippen LogP contribution in [0.3, 0.4) is 0 Å². The van der Waals surface area contributed by atoms with E-state index >= 15 is 0 Å². The van der Waals surface area contributed by atoms with Crippen molar-refractivity contribution < 1.29 is 19.0 Å². The van der Waals surface area contributed by atoms with Crippen molar-refractivity contribution in [3.8, 4) is 0 Å². The van der Waals surface area contributed by atoms with Gasteiger partial charge in [0.2, 0.25) is 0 Å². The van der Waals surface area contributed by atoms with Crippen LogP contribution in [-0.4, -0.2) is 38.5 Å². The zero-order valence-electron chi connectivity index (χ0n) is 16.0. The number of allylic oxidation sites excluding steroid dienone is 2. The van der Waals surface area contributed by atoms with E-state index < -0.39 is 0 Å². The van der Waals surface area contributed by atoms with Crippen LogP contribution in [0.2, 0.25) is 0 Å². The van der Waals surface area contributed by atoms with Gasteiger partial charge in [0.05, 0.1) is 12.2 Å². The minimum Gasteiger partial charge on any atom is -0.458 e.